The topological polar surface area (TPSA) is 69.6 Å². The van der Waals surface area contributed by atoms with Crippen molar-refractivity contribution in [1.29, 1.82) is 0 Å². The zero-order chi connectivity index (χ0) is 13.9. The van der Waals surface area contributed by atoms with Crippen molar-refractivity contribution in [2.75, 3.05) is 26.2 Å². The minimum atomic E-state index is -3.33. The number of hydrogen-bond acceptors (Lipinski definition) is 3. The summed E-state index contributed by atoms with van der Waals surface area (Å²) >= 11 is 0. The summed E-state index contributed by atoms with van der Waals surface area (Å²) in [5, 5.41) is 9.26. The van der Waals surface area contributed by atoms with Gasteiger partial charge in [-0.2, -0.15) is 12.7 Å². The van der Waals surface area contributed by atoms with E-state index in [0.717, 1.165) is 32.1 Å². The molecule has 0 bridgehead atoms. The summed E-state index contributed by atoms with van der Waals surface area (Å²) in [7, 11) is -3.33. The molecule has 3 unspecified atom stereocenters. The highest BCUT2D eigenvalue weighted by molar-refractivity contribution is 7.87. The van der Waals surface area contributed by atoms with E-state index in [2.05, 4.69) is 11.6 Å². The third-order valence-corrected chi connectivity index (χ3v) is 6.08. The molecule has 3 atom stereocenters. The van der Waals surface area contributed by atoms with E-state index in [-0.39, 0.29) is 12.5 Å². The molecule has 2 rings (SSSR count). The van der Waals surface area contributed by atoms with Crippen LogP contribution in [0, 0.1) is 17.8 Å². The second-order valence-electron chi connectivity index (χ2n) is 6.09. The van der Waals surface area contributed by atoms with Crippen LogP contribution in [-0.4, -0.2) is 44.1 Å². The van der Waals surface area contributed by atoms with Gasteiger partial charge in [0.1, 0.15) is 0 Å². The maximum atomic E-state index is 12.2. The molecule has 2 N–H and O–H groups in total. The van der Waals surface area contributed by atoms with E-state index in [1.807, 2.05) is 0 Å². The van der Waals surface area contributed by atoms with Crippen molar-refractivity contribution in [2.45, 2.75) is 39.0 Å². The van der Waals surface area contributed by atoms with Crippen LogP contribution in [0.15, 0.2) is 0 Å². The molecule has 1 aliphatic heterocycles. The summed E-state index contributed by atoms with van der Waals surface area (Å²) in [5.74, 6) is 1.01. The molecule has 0 radical (unpaired) electrons. The fourth-order valence-corrected chi connectivity index (χ4v) is 4.72. The van der Waals surface area contributed by atoms with Crippen LogP contribution in [0.25, 0.3) is 0 Å². The molecule has 0 amide bonds. The van der Waals surface area contributed by atoms with Crippen LogP contribution >= 0.6 is 0 Å². The lowest BCUT2D eigenvalue weighted by atomic mass is 9.97. The van der Waals surface area contributed by atoms with E-state index >= 15 is 0 Å². The third-order valence-electron chi connectivity index (χ3n) is 4.54. The molecule has 2 fully saturated rings. The van der Waals surface area contributed by atoms with Gasteiger partial charge in [-0.15, -0.1) is 0 Å². The average molecular weight is 290 g/mol. The van der Waals surface area contributed by atoms with E-state index < -0.39 is 10.2 Å². The van der Waals surface area contributed by atoms with Gasteiger partial charge < -0.3 is 5.11 Å². The third kappa shape index (κ3) is 3.90. The molecule has 0 aromatic rings. The molecule has 112 valence electrons. The van der Waals surface area contributed by atoms with E-state index in [1.165, 1.54) is 0 Å². The first-order chi connectivity index (χ1) is 9.03. The van der Waals surface area contributed by atoms with Crippen LogP contribution in [-0.2, 0) is 10.2 Å². The summed E-state index contributed by atoms with van der Waals surface area (Å²) in [5.41, 5.74) is 0. The molecule has 0 aromatic carbocycles. The summed E-state index contributed by atoms with van der Waals surface area (Å²) in [6.45, 7) is 4.00. The molecule has 6 heteroatoms. The predicted octanol–water partition coefficient (Wildman–Crippen LogP) is 0.961. The molecule has 1 saturated heterocycles. The molecule has 1 aliphatic carbocycles. The Morgan fingerprint density at radius 1 is 1.21 bits per heavy atom. The predicted molar refractivity (Wildman–Crippen MR) is 74.8 cm³/mol. The van der Waals surface area contributed by atoms with Crippen molar-refractivity contribution >= 4 is 10.2 Å². The Morgan fingerprint density at radius 2 is 1.95 bits per heavy atom. The largest absolute Gasteiger partial charge is 0.396 e. The fraction of sp³-hybridized carbons (Fsp3) is 1.00. The van der Waals surface area contributed by atoms with Crippen LogP contribution in [0.3, 0.4) is 0 Å². The first-order valence-corrected chi connectivity index (χ1v) is 8.82. The summed E-state index contributed by atoms with van der Waals surface area (Å²) < 4.78 is 28.8. The van der Waals surface area contributed by atoms with Crippen molar-refractivity contribution in [3.63, 3.8) is 0 Å². The fourth-order valence-electron chi connectivity index (χ4n) is 3.29. The van der Waals surface area contributed by atoms with Gasteiger partial charge in [-0.3, -0.25) is 0 Å². The monoisotopic (exact) mass is 290 g/mol. The number of nitrogens with one attached hydrogen (secondary N) is 1. The Balaban J connectivity index is 1.86. The Bertz CT molecular complexity index is 385. The molecule has 1 heterocycles. The Kier molecular flexibility index (Phi) is 5.22. The smallest absolute Gasteiger partial charge is 0.279 e. The lowest BCUT2D eigenvalue weighted by Crippen LogP contribution is -2.47. The number of rotatable bonds is 5. The molecule has 0 spiro atoms. The molecular formula is C13H26N2O3S. The molecular weight excluding hydrogens is 264 g/mol. The van der Waals surface area contributed by atoms with Gasteiger partial charge in [-0.1, -0.05) is 13.3 Å². The zero-order valence-corrected chi connectivity index (χ0v) is 12.5. The second-order valence-corrected chi connectivity index (χ2v) is 7.85. The molecule has 5 nitrogen and oxygen atoms in total. The number of hydrogen-bond donors (Lipinski definition) is 2. The van der Waals surface area contributed by atoms with Crippen LogP contribution in [0.4, 0.5) is 0 Å². The minimum Gasteiger partial charge on any atom is -0.396 e. The summed E-state index contributed by atoms with van der Waals surface area (Å²) in [4.78, 5) is 0. The van der Waals surface area contributed by atoms with E-state index in [0.29, 0.717) is 31.5 Å². The summed E-state index contributed by atoms with van der Waals surface area (Å²) in [6, 6.07) is 0. The molecule has 0 aromatic heterocycles. The van der Waals surface area contributed by atoms with Gasteiger partial charge in [0.15, 0.2) is 0 Å². The highest BCUT2D eigenvalue weighted by atomic mass is 32.2. The summed E-state index contributed by atoms with van der Waals surface area (Å²) in [6.07, 6.45) is 5.19. The lowest BCUT2D eigenvalue weighted by Gasteiger charge is -2.30. The average Bonchev–Trinajstić information content (AvgIpc) is 2.84. The van der Waals surface area contributed by atoms with Gasteiger partial charge >= 0.3 is 0 Å². The lowest BCUT2D eigenvalue weighted by molar-refractivity contribution is 0.194. The van der Waals surface area contributed by atoms with Crippen LogP contribution in [0.2, 0.25) is 0 Å². The maximum absolute atomic E-state index is 12.2. The van der Waals surface area contributed by atoms with Crippen molar-refractivity contribution in [3.8, 4) is 0 Å². The standard InChI is InChI=1S/C13H26N2O3S/c1-11-4-3-7-15(9-11)19(17,18)14-8-12-5-2-6-13(12)10-16/h11-14,16H,2-10H2,1H3. The molecule has 1 saturated carbocycles. The van der Waals surface area contributed by atoms with E-state index in [4.69, 9.17) is 0 Å². The van der Waals surface area contributed by atoms with Crippen LogP contribution in [0.5, 0.6) is 0 Å². The number of nitrogens with zero attached hydrogens (tertiary/aromatic N) is 1. The SMILES string of the molecule is CC1CCCN(S(=O)(=O)NCC2CCCC2CO)C1. The Morgan fingerprint density at radius 3 is 2.63 bits per heavy atom. The van der Waals surface area contributed by atoms with E-state index in [1.54, 1.807) is 4.31 Å². The zero-order valence-electron chi connectivity index (χ0n) is 11.7. The Hall–Kier alpha value is -0.170. The maximum Gasteiger partial charge on any atom is 0.279 e. The molecule has 19 heavy (non-hydrogen) atoms. The van der Waals surface area contributed by atoms with Crippen LogP contribution in [0.1, 0.15) is 39.0 Å². The minimum absolute atomic E-state index is 0.174. The first kappa shape index (κ1) is 15.2. The van der Waals surface area contributed by atoms with Gasteiger partial charge in [-0.25, -0.2) is 4.72 Å². The first-order valence-electron chi connectivity index (χ1n) is 7.38. The van der Waals surface area contributed by atoms with Crippen LogP contribution < -0.4 is 4.72 Å². The quantitative estimate of drug-likeness (QED) is 0.792. The number of aliphatic hydroxyl groups is 1. The van der Waals surface area contributed by atoms with Gasteiger partial charge in [0.25, 0.3) is 10.2 Å². The molecule has 2 aliphatic rings. The van der Waals surface area contributed by atoms with Crippen molar-refractivity contribution in [1.82, 2.24) is 9.03 Å². The van der Waals surface area contributed by atoms with Gasteiger partial charge in [0, 0.05) is 26.2 Å². The number of aliphatic hydroxyl groups excluding tert-OH is 1. The van der Waals surface area contributed by atoms with Gasteiger partial charge in [0.05, 0.1) is 0 Å². The van der Waals surface area contributed by atoms with E-state index in [9.17, 15) is 13.5 Å². The van der Waals surface area contributed by atoms with Crippen molar-refractivity contribution < 1.29 is 13.5 Å². The van der Waals surface area contributed by atoms with Crippen molar-refractivity contribution in [3.05, 3.63) is 0 Å². The highest BCUT2D eigenvalue weighted by Gasteiger charge is 2.30. The number of piperidine rings is 1. The van der Waals surface area contributed by atoms with Gasteiger partial charge in [-0.05, 0) is 43.4 Å². The normalized spacial score (nSPS) is 33.7. The highest BCUT2D eigenvalue weighted by Crippen LogP contribution is 2.31. The Labute approximate surface area is 116 Å². The van der Waals surface area contributed by atoms with Crippen molar-refractivity contribution in [2.24, 2.45) is 17.8 Å². The van der Waals surface area contributed by atoms with Gasteiger partial charge in [0.2, 0.25) is 0 Å². The second kappa shape index (κ2) is 6.52.